The van der Waals surface area contributed by atoms with E-state index in [1.54, 1.807) is 0 Å². The number of benzene rings is 1. The summed E-state index contributed by atoms with van der Waals surface area (Å²) in [5.74, 6) is 0. The Balaban J connectivity index is 1.75. The molecule has 4 nitrogen and oxygen atoms in total. The Morgan fingerprint density at radius 2 is 1.86 bits per heavy atom. The van der Waals surface area contributed by atoms with Gasteiger partial charge < -0.3 is 9.64 Å². The Labute approximate surface area is 132 Å². The van der Waals surface area contributed by atoms with E-state index in [1.165, 1.54) is 11.3 Å². The number of nitrogens with zero attached hydrogens (tertiary/aromatic N) is 2. The molecule has 2 aliphatic rings. The maximum atomic E-state index is 12.2. The Morgan fingerprint density at radius 1 is 1.23 bits per heavy atom. The number of aliphatic imine (C=N–C) groups is 1. The highest BCUT2D eigenvalue weighted by atomic mass is 16.6. The predicted octanol–water partition coefficient (Wildman–Crippen LogP) is 4.06. The van der Waals surface area contributed by atoms with E-state index in [0.717, 1.165) is 31.6 Å². The fraction of sp³-hybridized carbons (Fsp3) is 0.556. The van der Waals surface area contributed by atoms with Gasteiger partial charge in [-0.2, -0.15) is 0 Å². The van der Waals surface area contributed by atoms with Gasteiger partial charge in [0.15, 0.2) is 0 Å². The van der Waals surface area contributed by atoms with Crippen LogP contribution in [0, 0.1) is 0 Å². The Kier molecular flexibility index (Phi) is 3.50. The van der Waals surface area contributed by atoms with Crippen LogP contribution in [0.4, 0.5) is 10.5 Å². The smallest absolute Gasteiger partial charge is 0.410 e. The number of piperidine rings is 1. The molecule has 0 aliphatic carbocycles. The summed E-state index contributed by atoms with van der Waals surface area (Å²) in [7, 11) is 0. The van der Waals surface area contributed by atoms with E-state index in [0.29, 0.717) is 0 Å². The van der Waals surface area contributed by atoms with Crippen molar-refractivity contribution in [1.29, 1.82) is 0 Å². The number of amides is 1. The topological polar surface area (TPSA) is 41.9 Å². The predicted molar refractivity (Wildman–Crippen MR) is 87.9 cm³/mol. The summed E-state index contributed by atoms with van der Waals surface area (Å²) in [6.45, 7) is 9.26. The molecule has 3 rings (SSSR count). The molecule has 0 atom stereocenters. The third kappa shape index (κ3) is 2.51. The van der Waals surface area contributed by atoms with Crippen molar-refractivity contribution < 1.29 is 9.53 Å². The molecule has 1 spiro atoms. The first kappa shape index (κ1) is 15.1. The zero-order valence-electron chi connectivity index (χ0n) is 13.8. The standard InChI is InChI=1S/C18H24N2O2/c1-13-18(14-7-5-6-8-15(14)19-13)9-11-20(12-10-18)16(21)22-17(2,3)4/h5-8H,9-12H2,1-4H3. The second-order valence-electron chi connectivity index (χ2n) is 7.26. The van der Waals surface area contributed by atoms with E-state index < -0.39 is 5.60 Å². The minimum absolute atomic E-state index is 0.00903. The summed E-state index contributed by atoms with van der Waals surface area (Å²) >= 11 is 0. The Hall–Kier alpha value is -1.84. The van der Waals surface area contributed by atoms with Crippen LogP contribution in [0.1, 0.15) is 46.1 Å². The Morgan fingerprint density at radius 3 is 2.50 bits per heavy atom. The lowest BCUT2D eigenvalue weighted by Crippen LogP contribution is -2.48. The number of hydrogen-bond donors (Lipinski definition) is 0. The minimum atomic E-state index is -0.441. The highest BCUT2D eigenvalue weighted by molar-refractivity contribution is 6.00. The zero-order valence-corrected chi connectivity index (χ0v) is 13.8. The molecule has 4 heteroatoms. The minimum Gasteiger partial charge on any atom is -0.444 e. The van der Waals surface area contributed by atoms with Crippen LogP contribution in [-0.2, 0) is 10.2 Å². The van der Waals surface area contributed by atoms with Gasteiger partial charge in [0, 0.05) is 24.2 Å². The van der Waals surface area contributed by atoms with Crippen molar-refractivity contribution in [3.05, 3.63) is 29.8 Å². The number of carbonyl (C=O) groups excluding carboxylic acids is 1. The number of likely N-dealkylation sites (tertiary alicyclic amines) is 1. The molecule has 0 saturated carbocycles. The van der Waals surface area contributed by atoms with Crippen LogP contribution >= 0.6 is 0 Å². The van der Waals surface area contributed by atoms with E-state index in [-0.39, 0.29) is 11.5 Å². The van der Waals surface area contributed by atoms with E-state index in [1.807, 2.05) is 31.7 Å². The van der Waals surface area contributed by atoms with Crippen molar-refractivity contribution in [2.24, 2.45) is 4.99 Å². The van der Waals surface area contributed by atoms with Gasteiger partial charge in [0.25, 0.3) is 0 Å². The maximum absolute atomic E-state index is 12.2. The van der Waals surface area contributed by atoms with Gasteiger partial charge in [-0.25, -0.2) is 4.79 Å². The molecule has 0 aromatic heterocycles. The van der Waals surface area contributed by atoms with Crippen molar-refractivity contribution in [2.45, 2.75) is 51.6 Å². The van der Waals surface area contributed by atoms with Crippen molar-refractivity contribution in [3.63, 3.8) is 0 Å². The molecule has 0 bridgehead atoms. The quantitative estimate of drug-likeness (QED) is 0.725. The number of rotatable bonds is 0. The van der Waals surface area contributed by atoms with Gasteiger partial charge in [0.05, 0.1) is 5.69 Å². The van der Waals surface area contributed by atoms with Gasteiger partial charge in [-0.15, -0.1) is 0 Å². The lowest BCUT2D eigenvalue weighted by atomic mass is 9.71. The lowest BCUT2D eigenvalue weighted by Gasteiger charge is -2.40. The molecule has 0 unspecified atom stereocenters. The summed E-state index contributed by atoms with van der Waals surface area (Å²) in [5, 5.41) is 0. The molecule has 118 valence electrons. The van der Waals surface area contributed by atoms with Crippen LogP contribution < -0.4 is 0 Å². The number of hydrogen-bond acceptors (Lipinski definition) is 3. The summed E-state index contributed by atoms with van der Waals surface area (Å²) in [6, 6.07) is 8.37. The molecule has 1 saturated heterocycles. The zero-order chi connectivity index (χ0) is 16.0. The first-order valence-corrected chi connectivity index (χ1v) is 7.95. The number of carbonyl (C=O) groups is 1. The third-order valence-corrected chi connectivity index (χ3v) is 4.67. The van der Waals surface area contributed by atoms with Crippen LogP contribution in [-0.4, -0.2) is 35.4 Å². The highest BCUT2D eigenvalue weighted by Crippen LogP contribution is 2.46. The average molecular weight is 300 g/mol. The molecule has 1 aromatic rings. The number of ether oxygens (including phenoxy) is 1. The lowest BCUT2D eigenvalue weighted by molar-refractivity contribution is 0.0190. The van der Waals surface area contributed by atoms with Gasteiger partial charge in [0.1, 0.15) is 5.60 Å². The van der Waals surface area contributed by atoms with Gasteiger partial charge in [-0.05, 0) is 52.2 Å². The first-order valence-electron chi connectivity index (χ1n) is 7.95. The van der Waals surface area contributed by atoms with Crippen molar-refractivity contribution >= 4 is 17.5 Å². The van der Waals surface area contributed by atoms with Crippen molar-refractivity contribution in [1.82, 2.24) is 4.90 Å². The fourth-order valence-corrected chi connectivity index (χ4v) is 3.49. The molecule has 1 fully saturated rings. The monoisotopic (exact) mass is 300 g/mol. The van der Waals surface area contributed by atoms with E-state index in [2.05, 4.69) is 25.1 Å². The molecule has 0 radical (unpaired) electrons. The molecule has 0 N–H and O–H groups in total. The number of fused-ring (bicyclic) bond motifs is 2. The average Bonchev–Trinajstić information content (AvgIpc) is 2.71. The molecule has 1 amide bonds. The summed E-state index contributed by atoms with van der Waals surface area (Å²) < 4.78 is 5.48. The van der Waals surface area contributed by atoms with Crippen molar-refractivity contribution in [2.75, 3.05) is 13.1 Å². The van der Waals surface area contributed by atoms with Crippen LogP contribution in [0.15, 0.2) is 29.3 Å². The SMILES string of the molecule is CC1=Nc2ccccc2C12CCN(C(=O)OC(C)(C)C)CC2. The molecule has 22 heavy (non-hydrogen) atoms. The van der Waals surface area contributed by atoms with Gasteiger partial charge in [-0.1, -0.05) is 18.2 Å². The summed E-state index contributed by atoms with van der Waals surface area (Å²) in [6.07, 6.45) is 1.63. The third-order valence-electron chi connectivity index (χ3n) is 4.67. The number of para-hydroxylation sites is 1. The fourth-order valence-electron chi connectivity index (χ4n) is 3.49. The maximum Gasteiger partial charge on any atom is 0.410 e. The second kappa shape index (κ2) is 5.11. The molecular formula is C18H24N2O2. The Bertz CT molecular complexity index is 620. The van der Waals surface area contributed by atoms with Gasteiger partial charge in [-0.3, -0.25) is 4.99 Å². The largest absolute Gasteiger partial charge is 0.444 e. The van der Waals surface area contributed by atoms with E-state index >= 15 is 0 Å². The van der Waals surface area contributed by atoms with Crippen LogP contribution in [0.2, 0.25) is 0 Å². The van der Waals surface area contributed by atoms with Gasteiger partial charge >= 0.3 is 6.09 Å². The first-order chi connectivity index (χ1) is 10.3. The summed E-state index contributed by atoms with van der Waals surface area (Å²) in [4.78, 5) is 18.8. The van der Waals surface area contributed by atoms with E-state index in [4.69, 9.17) is 9.73 Å². The summed E-state index contributed by atoms with van der Waals surface area (Å²) in [5.41, 5.74) is 3.15. The highest BCUT2D eigenvalue weighted by Gasteiger charge is 2.44. The normalized spacial score (nSPS) is 19.8. The van der Waals surface area contributed by atoms with Crippen molar-refractivity contribution in [3.8, 4) is 0 Å². The molecule has 2 aliphatic heterocycles. The van der Waals surface area contributed by atoms with Crippen LogP contribution in [0.3, 0.4) is 0 Å². The van der Waals surface area contributed by atoms with Crippen LogP contribution in [0.25, 0.3) is 0 Å². The van der Waals surface area contributed by atoms with Crippen LogP contribution in [0.5, 0.6) is 0 Å². The molecular weight excluding hydrogens is 276 g/mol. The van der Waals surface area contributed by atoms with Gasteiger partial charge in [0.2, 0.25) is 0 Å². The van der Waals surface area contributed by atoms with E-state index in [9.17, 15) is 4.79 Å². The molecule has 2 heterocycles. The molecule has 1 aromatic carbocycles. The second-order valence-corrected chi connectivity index (χ2v) is 7.26.